The molecule has 2 aromatic carbocycles. The van der Waals surface area contributed by atoms with Crippen molar-refractivity contribution in [2.45, 2.75) is 25.8 Å². The van der Waals surface area contributed by atoms with Gasteiger partial charge in [-0.2, -0.15) is 0 Å². The fraction of sp³-hybridized carbons (Fsp3) is 0.250. The van der Waals surface area contributed by atoms with Gasteiger partial charge in [0, 0.05) is 6.04 Å². The third kappa shape index (κ3) is 4.31. The number of carbonyl (C=O) groups excluding carboxylic acids is 3. The molecule has 2 aromatic rings. The number of nitrogens with zero attached hydrogens (tertiary/aromatic N) is 1. The number of amides is 3. The van der Waals surface area contributed by atoms with Crippen molar-refractivity contribution in [2.24, 2.45) is 0 Å². The molecular formula is C20H18Cl2N2O3. The number of nitrogens with one attached hydrogen (secondary N) is 1. The van der Waals surface area contributed by atoms with Gasteiger partial charge in [-0.3, -0.25) is 19.3 Å². The second kappa shape index (κ2) is 8.11. The van der Waals surface area contributed by atoms with Crippen molar-refractivity contribution in [1.82, 2.24) is 10.2 Å². The second-order valence-corrected chi connectivity index (χ2v) is 7.32. The minimum atomic E-state index is -0.541. The molecule has 1 aliphatic rings. The SMILES string of the molecule is C[C@@H](CCc1ccccc1)NC(=O)CN1C(=O)c2cc(Cl)c(Cl)cc2C1=O. The van der Waals surface area contributed by atoms with E-state index in [0.29, 0.717) is 0 Å². The number of carbonyl (C=O) groups is 3. The summed E-state index contributed by atoms with van der Waals surface area (Å²) >= 11 is 11.8. The highest BCUT2D eigenvalue weighted by Gasteiger charge is 2.37. The van der Waals surface area contributed by atoms with Crippen LogP contribution in [-0.2, 0) is 11.2 Å². The summed E-state index contributed by atoms with van der Waals surface area (Å²) < 4.78 is 0. The summed E-state index contributed by atoms with van der Waals surface area (Å²) in [6.07, 6.45) is 1.58. The zero-order valence-electron chi connectivity index (χ0n) is 14.7. The van der Waals surface area contributed by atoms with Gasteiger partial charge in [-0.1, -0.05) is 53.5 Å². The Hall–Kier alpha value is -2.37. The molecule has 0 bridgehead atoms. The average molecular weight is 405 g/mol. The molecule has 1 aliphatic heterocycles. The van der Waals surface area contributed by atoms with E-state index in [-0.39, 0.29) is 39.7 Å². The molecule has 27 heavy (non-hydrogen) atoms. The van der Waals surface area contributed by atoms with Crippen LogP contribution in [0.2, 0.25) is 10.0 Å². The monoisotopic (exact) mass is 404 g/mol. The molecule has 0 fully saturated rings. The normalized spacial score (nSPS) is 14.3. The number of halogens is 2. The van der Waals surface area contributed by atoms with Gasteiger partial charge >= 0.3 is 0 Å². The first-order valence-electron chi connectivity index (χ1n) is 8.55. The van der Waals surface area contributed by atoms with Crippen molar-refractivity contribution < 1.29 is 14.4 Å². The summed E-state index contributed by atoms with van der Waals surface area (Å²) in [6.45, 7) is 1.56. The maximum absolute atomic E-state index is 12.4. The van der Waals surface area contributed by atoms with E-state index in [2.05, 4.69) is 5.32 Å². The molecule has 5 nitrogen and oxygen atoms in total. The molecule has 140 valence electrons. The lowest BCUT2D eigenvalue weighted by Gasteiger charge is -2.17. The molecule has 0 aromatic heterocycles. The molecule has 1 atom stereocenters. The third-order valence-electron chi connectivity index (χ3n) is 4.43. The van der Waals surface area contributed by atoms with Gasteiger partial charge < -0.3 is 5.32 Å². The molecule has 1 heterocycles. The zero-order valence-corrected chi connectivity index (χ0v) is 16.2. The van der Waals surface area contributed by atoms with E-state index < -0.39 is 11.8 Å². The number of rotatable bonds is 6. The van der Waals surface area contributed by atoms with Crippen LogP contribution in [0.25, 0.3) is 0 Å². The van der Waals surface area contributed by atoms with Crippen LogP contribution in [-0.4, -0.2) is 35.2 Å². The standard InChI is InChI=1S/C20H18Cl2N2O3/c1-12(7-8-13-5-3-2-4-6-13)23-18(25)11-24-19(26)14-9-16(21)17(22)10-15(14)20(24)27/h2-6,9-10,12H,7-8,11H2,1H3,(H,23,25)/t12-/m0/s1. The summed E-state index contributed by atoms with van der Waals surface area (Å²) in [5.41, 5.74) is 1.52. The third-order valence-corrected chi connectivity index (χ3v) is 5.15. The fourth-order valence-corrected chi connectivity index (χ4v) is 3.32. The van der Waals surface area contributed by atoms with Gasteiger partial charge in [0.25, 0.3) is 11.8 Å². The summed E-state index contributed by atoms with van der Waals surface area (Å²) in [6, 6.07) is 12.6. The predicted molar refractivity (Wildman–Crippen MR) is 104 cm³/mol. The van der Waals surface area contributed by atoms with Crippen molar-refractivity contribution >= 4 is 40.9 Å². The molecule has 3 amide bonds. The lowest BCUT2D eigenvalue weighted by molar-refractivity contribution is -0.122. The van der Waals surface area contributed by atoms with E-state index in [0.717, 1.165) is 17.7 Å². The van der Waals surface area contributed by atoms with E-state index in [4.69, 9.17) is 23.2 Å². The first kappa shape index (κ1) is 19.4. The van der Waals surface area contributed by atoms with Gasteiger partial charge in [0.15, 0.2) is 0 Å². The highest BCUT2D eigenvalue weighted by atomic mass is 35.5. The van der Waals surface area contributed by atoms with Crippen molar-refractivity contribution in [3.63, 3.8) is 0 Å². The average Bonchev–Trinajstić information content (AvgIpc) is 2.86. The Balaban J connectivity index is 1.58. The topological polar surface area (TPSA) is 66.5 Å². The van der Waals surface area contributed by atoms with Crippen molar-refractivity contribution in [1.29, 1.82) is 0 Å². The van der Waals surface area contributed by atoms with E-state index in [1.807, 2.05) is 37.3 Å². The van der Waals surface area contributed by atoms with Crippen molar-refractivity contribution in [3.8, 4) is 0 Å². The van der Waals surface area contributed by atoms with Crippen LogP contribution in [0, 0.1) is 0 Å². The van der Waals surface area contributed by atoms with E-state index in [1.165, 1.54) is 17.7 Å². The smallest absolute Gasteiger partial charge is 0.262 e. The Kier molecular flexibility index (Phi) is 5.82. The van der Waals surface area contributed by atoms with Gasteiger partial charge in [-0.05, 0) is 37.5 Å². The number of benzene rings is 2. The molecule has 1 N–H and O–H groups in total. The molecule has 0 radical (unpaired) electrons. The molecular weight excluding hydrogens is 387 g/mol. The zero-order chi connectivity index (χ0) is 19.6. The predicted octanol–water partition coefficient (Wildman–Crippen LogP) is 3.73. The van der Waals surface area contributed by atoms with Crippen molar-refractivity contribution in [2.75, 3.05) is 6.54 Å². The Bertz CT molecular complexity index is 859. The number of aryl methyl sites for hydroxylation is 1. The Morgan fingerprint density at radius 1 is 1.04 bits per heavy atom. The van der Waals surface area contributed by atoms with Gasteiger partial charge in [0.1, 0.15) is 6.54 Å². The summed E-state index contributed by atoms with van der Waals surface area (Å²) in [5, 5.41) is 3.21. The quantitative estimate of drug-likeness (QED) is 0.745. The van der Waals surface area contributed by atoms with Crippen LogP contribution in [0.15, 0.2) is 42.5 Å². The van der Waals surface area contributed by atoms with Crippen molar-refractivity contribution in [3.05, 3.63) is 69.2 Å². The van der Waals surface area contributed by atoms with Gasteiger partial charge in [0.05, 0.1) is 21.2 Å². The molecule has 0 saturated carbocycles. The van der Waals surface area contributed by atoms with Crippen LogP contribution in [0.4, 0.5) is 0 Å². The first-order valence-corrected chi connectivity index (χ1v) is 9.31. The van der Waals surface area contributed by atoms with Gasteiger partial charge in [-0.15, -0.1) is 0 Å². The number of fused-ring (bicyclic) bond motifs is 1. The summed E-state index contributed by atoms with van der Waals surface area (Å²) in [4.78, 5) is 38.1. The molecule has 3 rings (SSSR count). The Labute approximate surface area is 167 Å². The number of hydrogen-bond acceptors (Lipinski definition) is 3. The molecule has 0 aliphatic carbocycles. The fourth-order valence-electron chi connectivity index (χ4n) is 2.99. The molecule has 0 saturated heterocycles. The molecule has 0 spiro atoms. The van der Waals surface area contributed by atoms with Gasteiger partial charge in [-0.25, -0.2) is 0 Å². The minimum absolute atomic E-state index is 0.0863. The molecule has 7 heteroatoms. The van der Waals surface area contributed by atoms with Gasteiger partial charge in [0.2, 0.25) is 5.91 Å². The second-order valence-electron chi connectivity index (χ2n) is 6.50. The van der Waals surface area contributed by atoms with E-state index in [9.17, 15) is 14.4 Å². The largest absolute Gasteiger partial charge is 0.352 e. The molecule has 0 unspecified atom stereocenters. The number of imide groups is 1. The van der Waals surface area contributed by atoms with E-state index >= 15 is 0 Å². The maximum Gasteiger partial charge on any atom is 0.262 e. The highest BCUT2D eigenvalue weighted by molar-refractivity contribution is 6.43. The van der Waals surface area contributed by atoms with Crippen LogP contribution >= 0.6 is 23.2 Å². The summed E-state index contributed by atoms with van der Waals surface area (Å²) in [5.74, 6) is -1.47. The van der Waals surface area contributed by atoms with Crippen LogP contribution in [0.1, 0.15) is 39.6 Å². The van der Waals surface area contributed by atoms with E-state index in [1.54, 1.807) is 0 Å². The van der Waals surface area contributed by atoms with Crippen LogP contribution in [0.5, 0.6) is 0 Å². The Morgan fingerprint density at radius 3 is 2.15 bits per heavy atom. The first-order chi connectivity index (χ1) is 12.9. The maximum atomic E-state index is 12.4. The van der Waals surface area contributed by atoms with Crippen LogP contribution in [0.3, 0.4) is 0 Å². The lowest BCUT2D eigenvalue weighted by atomic mass is 10.1. The Morgan fingerprint density at radius 2 is 1.59 bits per heavy atom. The lowest BCUT2D eigenvalue weighted by Crippen LogP contribution is -2.43. The van der Waals surface area contributed by atoms with Crippen LogP contribution < -0.4 is 5.32 Å². The summed E-state index contributed by atoms with van der Waals surface area (Å²) in [7, 11) is 0. The number of hydrogen-bond donors (Lipinski definition) is 1. The minimum Gasteiger partial charge on any atom is -0.352 e. The highest BCUT2D eigenvalue weighted by Crippen LogP contribution is 2.31.